The van der Waals surface area contributed by atoms with E-state index in [1.54, 1.807) is 30.6 Å². The molecule has 3 aromatic rings. The zero-order chi connectivity index (χ0) is 24.4. The molecule has 0 aliphatic carbocycles. The van der Waals surface area contributed by atoms with Crippen LogP contribution in [0.1, 0.15) is 37.0 Å². The van der Waals surface area contributed by atoms with Crippen LogP contribution >= 0.6 is 0 Å². The predicted octanol–water partition coefficient (Wildman–Crippen LogP) is 4.92. The normalized spacial score (nSPS) is 18.8. The molecule has 182 valence electrons. The van der Waals surface area contributed by atoms with Crippen molar-refractivity contribution >= 4 is 17.6 Å². The third-order valence-corrected chi connectivity index (χ3v) is 6.29. The van der Waals surface area contributed by atoms with Gasteiger partial charge in [0.25, 0.3) is 0 Å². The summed E-state index contributed by atoms with van der Waals surface area (Å²) in [5, 5.41) is 11.0. The van der Waals surface area contributed by atoms with Gasteiger partial charge in [0.1, 0.15) is 17.5 Å². The molecule has 2 aliphatic rings. The molecule has 2 aliphatic heterocycles. The number of hydrogen-bond acceptors (Lipinski definition) is 6. The largest absolute Gasteiger partial charge is 0.573 e. The standard InChI is InChI=1S/C25H24F3N5O2/c26-25(27,28)35-21-8-6-18(7-9-21)31-15-11-19(12-16-31)32-17-13-23(34)24(30-32)22-10-14-29-33(22)20-4-2-1-3-5-20/h1-9,13-14,17,19,22H,10-12,15-16H2. The Morgan fingerprint density at radius 3 is 2.31 bits per heavy atom. The van der Waals surface area contributed by atoms with Crippen LogP contribution in [0.3, 0.4) is 0 Å². The Kier molecular flexibility index (Phi) is 6.19. The van der Waals surface area contributed by atoms with E-state index in [9.17, 15) is 18.0 Å². The monoisotopic (exact) mass is 483 g/mol. The molecule has 0 saturated carbocycles. The number of anilines is 2. The van der Waals surface area contributed by atoms with Crippen molar-refractivity contribution in [2.24, 2.45) is 5.10 Å². The lowest BCUT2D eigenvalue weighted by Crippen LogP contribution is -2.36. The van der Waals surface area contributed by atoms with E-state index in [2.05, 4.69) is 14.7 Å². The van der Waals surface area contributed by atoms with Crippen molar-refractivity contribution in [2.45, 2.75) is 37.7 Å². The maximum absolute atomic E-state index is 12.7. The summed E-state index contributed by atoms with van der Waals surface area (Å²) in [6, 6.07) is 17.1. The molecule has 2 aromatic carbocycles. The number of benzene rings is 2. The molecule has 35 heavy (non-hydrogen) atoms. The van der Waals surface area contributed by atoms with Gasteiger partial charge in [-0.2, -0.15) is 10.2 Å². The molecular formula is C25H24F3N5O2. The number of aromatic nitrogens is 2. The van der Waals surface area contributed by atoms with Crippen LogP contribution in [-0.4, -0.2) is 35.4 Å². The molecule has 5 rings (SSSR count). The van der Waals surface area contributed by atoms with Crippen molar-refractivity contribution in [1.29, 1.82) is 0 Å². The lowest BCUT2D eigenvalue weighted by molar-refractivity contribution is -0.274. The van der Waals surface area contributed by atoms with E-state index in [-0.39, 0.29) is 23.3 Å². The Labute approximate surface area is 200 Å². The van der Waals surface area contributed by atoms with Crippen molar-refractivity contribution in [3.8, 4) is 5.75 Å². The van der Waals surface area contributed by atoms with Gasteiger partial charge in [0.15, 0.2) is 0 Å². The quantitative estimate of drug-likeness (QED) is 0.516. The van der Waals surface area contributed by atoms with Gasteiger partial charge in [0, 0.05) is 43.7 Å². The summed E-state index contributed by atoms with van der Waals surface area (Å²) in [4.78, 5) is 14.8. The first kappa shape index (κ1) is 22.9. The molecule has 0 bridgehead atoms. The minimum absolute atomic E-state index is 0.115. The molecule has 0 N–H and O–H groups in total. The van der Waals surface area contributed by atoms with Gasteiger partial charge in [-0.15, -0.1) is 13.2 Å². The van der Waals surface area contributed by atoms with E-state index in [1.165, 1.54) is 12.1 Å². The summed E-state index contributed by atoms with van der Waals surface area (Å²) in [6.45, 7) is 1.44. The van der Waals surface area contributed by atoms with Crippen LogP contribution in [0.4, 0.5) is 24.5 Å². The summed E-state index contributed by atoms with van der Waals surface area (Å²) in [5.74, 6) is -0.235. The van der Waals surface area contributed by atoms with Crippen LogP contribution < -0.4 is 20.1 Å². The SMILES string of the molecule is O=c1ccn(C2CCN(c3ccc(OC(F)(F)F)cc3)CC2)nc1C1CC=NN1c1ccccc1. The molecule has 1 aromatic heterocycles. The summed E-state index contributed by atoms with van der Waals surface area (Å²) < 4.78 is 43.0. The van der Waals surface area contributed by atoms with Crippen molar-refractivity contribution in [3.05, 3.63) is 82.8 Å². The van der Waals surface area contributed by atoms with Crippen LogP contribution in [0.5, 0.6) is 5.75 Å². The minimum atomic E-state index is -4.70. The third-order valence-electron chi connectivity index (χ3n) is 6.29. The summed E-state index contributed by atoms with van der Waals surface area (Å²) in [6.07, 6.45) is 1.02. The van der Waals surface area contributed by atoms with E-state index in [1.807, 2.05) is 40.0 Å². The van der Waals surface area contributed by atoms with Crippen molar-refractivity contribution in [3.63, 3.8) is 0 Å². The smallest absolute Gasteiger partial charge is 0.406 e. The van der Waals surface area contributed by atoms with E-state index < -0.39 is 6.36 Å². The van der Waals surface area contributed by atoms with Crippen LogP contribution in [0.2, 0.25) is 0 Å². The first-order chi connectivity index (χ1) is 16.9. The molecule has 1 unspecified atom stereocenters. The molecule has 3 heterocycles. The summed E-state index contributed by atoms with van der Waals surface area (Å²) in [7, 11) is 0. The number of piperidine rings is 1. The van der Waals surface area contributed by atoms with Crippen molar-refractivity contribution in [1.82, 2.24) is 9.78 Å². The molecule has 10 heteroatoms. The predicted molar refractivity (Wildman–Crippen MR) is 127 cm³/mol. The Hall–Kier alpha value is -3.82. The van der Waals surface area contributed by atoms with E-state index in [4.69, 9.17) is 5.10 Å². The number of hydrazone groups is 1. The van der Waals surface area contributed by atoms with Crippen molar-refractivity contribution in [2.75, 3.05) is 23.0 Å². The van der Waals surface area contributed by atoms with Gasteiger partial charge in [-0.3, -0.25) is 14.5 Å². The Morgan fingerprint density at radius 2 is 1.63 bits per heavy atom. The zero-order valence-electron chi connectivity index (χ0n) is 18.8. The van der Waals surface area contributed by atoms with E-state index in [0.717, 1.165) is 37.3 Å². The lowest BCUT2D eigenvalue weighted by Gasteiger charge is -2.34. The van der Waals surface area contributed by atoms with Gasteiger partial charge < -0.3 is 9.64 Å². The molecule has 0 spiro atoms. The van der Waals surface area contributed by atoms with Gasteiger partial charge in [0.2, 0.25) is 5.43 Å². The number of alkyl halides is 3. The highest BCUT2D eigenvalue weighted by Crippen LogP contribution is 2.32. The second-order valence-corrected chi connectivity index (χ2v) is 8.53. The lowest BCUT2D eigenvalue weighted by atomic mass is 10.0. The Balaban J connectivity index is 1.27. The fourth-order valence-electron chi connectivity index (χ4n) is 4.59. The zero-order valence-corrected chi connectivity index (χ0v) is 18.8. The number of hydrogen-bond donors (Lipinski definition) is 0. The summed E-state index contributed by atoms with van der Waals surface area (Å²) in [5.41, 5.74) is 2.10. The fraction of sp³-hybridized carbons (Fsp3) is 0.320. The molecule has 1 saturated heterocycles. The highest BCUT2D eigenvalue weighted by atomic mass is 19.4. The van der Waals surface area contributed by atoms with E-state index in [0.29, 0.717) is 12.1 Å². The topological polar surface area (TPSA) is 63.0 Å². The Morgan fingerprint density at radius 1 is 0.914 bits per heavy atom. The summed E-state index contributed by atoms with van der Waals surface area (Å²) >= 11 is 0. The van der Waals surface area contributed by atoms with Crippen LogP contribution in [0, 0.1) is 0 Å². The molecule has 1 atom stereocenters. The molecule has 0 amide bonds. The average molecular weight is 483 g/mol. The highest BCUT2D eigenvalue weighted by molar-refractivity contribution is 5.67. The van der Waals surface area contributed by atoms with Gasteiger partial charge >= 0.3 is 6.36 Å². The number of ether oxygens (including phenoxy) is 1. The van der Waals surface area contributed by atoms with Crippen LogP contribution in [0.25, 0.3) is 0 Å². The number of nitrogens with zero attached hydrogens (tertiary/aromatic N) is 5. The third kappa shape index (κ3) is 5.16. The second kappa shape index (κ2) is 9.44. The van der Waals surface area contributed by atoms with Crippen LogP contribution in [-0.2, 0) is 0 Å². The number of para-hydroxylation sites is 1. The van der Waals surface area contributed by atoms with Gasteiger partial charge in [-0.1, -0.05) is 18.2 Å². The molecule has 0 radical (unpaired) electrons. The molecule has 1 fully saturated rings. The van der Waals surface area contributed by atoms with E-state index >= 15 is 0 Å². The first-order valence-corrected chi connectivity index (χ1v) is 11.4. The Bertz CT molecular complexity index is 1240. The van der Waals surface area contributed by atoms with Gasteiger partial charge in [-0.05, 0) is 49.2 Å². The van der Waals surface area contributed by atoms with Gasteiger partial charge in [0.05, 0.1) is 11.7 Å². The number of rotatable bonds is 5. The maximum atomic E-state index is 12.7. The minimum Gasteiger partial charge on any atom is -0.406 e. The van der Waals surface area contributed by atoms with Gasteiger partial charge in [-0.25, -0.2) is 0 Å². The second-order valence-electron chi connectivity index (χ2n) is 8.53. The highest BCUT2D eigenvalue weighted by Gasteiger charge is 2.31. The van der Waals surface area contributed by atoms with Crippen LogP contribution in [0.15, 0.2) is 76.8 Å². The molecule has 7 nitrogen and oxygen atoms in total. The van der Waals surface area contributed by atoms with Crippen molar-refractivity contribution < 1.29 is 17.9 Å². The average Bonchev–Trinajstić information content (AvgIpc) is 3.34. The maximum Gasteiger partial charge on any atom is 0.573 e. The fourth-order valence-corrected chi connectivity index (χ4v) is 4.59. The molecular weight excluding hydrogens is 459 g/mol. The number of halogens is 3. The first-order valence-electron chi connectivity index (χ1n) is 11.4.